The molecule has 0 unspecified atom stereocenters. The zero-order valence-corrected chi connectivity index (χ0v) is 12.7. The van der Waals surface area contributed by atoms with Gasteiger partial charge in [-0.1, -0.05) is 15.9 Å². The van der Waals surface area contributed by atoms with Crippen molar-refractivity contribution in [2.75, 3.05) is 4.72 Å². The Bertz CT molecular complexity index is 793. The van der Waals surface area contributed by atoms with Crippen LogP contribution in [0.3, 0.4) is 0 Å². The third kappa shape index (κ3) is 3.56. The van der Waals surface area contributed by atoms with E-state index in [-0.39, 0.29) is 10.6 Å². The average Bonchev–Trinajstić information content (AvgIpc) is 2.38. The van der Waals surface area contributed by atoms with Crippen molar-refractivity contribution in [3.8, 4) is 0 Å². The summed E-state index contributed by atoms with van der Waals surface area (Å²) in [6.07, 6.45) is 0. The Morgan fingerprint density at radius 3 is 2.29 bits per heavy atom. The fraction of sp³-hybridized carbons (Fsp3) is 0. The number of nitrogens with one attached hydrogen (secondary N) is 1. The Hall–Kier alpha value is -2.00. The molecule has 2 aromatic rings. The van der Waals surface area contributed by atoms with Crippen LogP contribution in [-0.4, -0.2) is 13.3 Å². The van der Waals surface area contributed by atoms with Crippen molar-refractivity contribution in [1.29, 1.82) is 0 Å². The Kier molecular flexibility index (Phi) is 4.24. The highest BCUT2D eigenvalue weighted by Crippen LogP contribution is 2.23. The highest BCUT2D eigenvalue weighted by atomic mass is 79.9. The summed E-state index contributed by atoms with van der Waals surface area (Å²) >= 11 is 3.18. The third-order valence-corrected chi connectivity index (χ3v) is 4.45. The first-order valence-electron chi connectivity index (χ1n) is 5.52. The van der Waals surface area contributed by atoms with Crippen molar-refractivity contribution in [3.63, 3.8) is 0 Å². The van der Waals surface area contributed by atoms with Crippen LogP contribution in [0.5, 0.6) is 0 Å². The van der Waals surface area contributed by atoms with Crippen molar-refractivity contribution in [2.45, 2.75) is 4.90 Å². The van der Waals surface area contributed by atoms with E-state index < -0.39 is 26.5 Å². The lowest BCUT2D eigenvalue weighted by atomic mass is 10.3. The van der Waals surface area contributed by atoms with Crippen LogP contribution in [0, 0.1) is 15.9 Å². The van der Waals surface area contributed by atoms with Gasteiger partial charge in [0.15, 0.2) is 0 Å². The molecular weight excluding hydrogens is 367 g/mol. The lowest BCUT2D eigenvalue weighted by Crippen LogP contribution is -2.13. The molecule has 0 radical (unpaired) electrons. The summed E-state index contributed by atoms with van der Waals surface area (Å²) in [7, 11) is -3.89. The van der Waals surface area contributed by atoms with Crippen LogP contribution in [0.25, 0.3) is 0 Å². The van der Waals surface area contributed by atoms with E-state index >= 15 is 0 Å². The zero-order chi connectivity index (χ0) is 15.6. The van der Waals surface area contributed by atoms with Crippen LogP contribution in [0.15, 0.2) is 51.8 Å². The van der Waals surface area contributed by atoms with E-state index in [0.29, 0.717) is 4.47 Å². The molecule has 0 amide bonds. The Balaban J connectivity index is 2.31. The standard InChI is InChI=1S/C12H8BrFN2O4S/c13-8-1-4-10(5-2-8)21(19,20)15-9-3-6-12(16(17)18)11(14)7-9/h1-7,15H. The maximum atomic E-state index is 13.4. The number of halogens is 2. The monoisotopic (exact) mass is 374 g/mol. The zero-order valence-electron chi connectivity index (χ0n) is 10.3. The van der Waals surface area contributed by atoms with Crippen molar-refractivity contribution in [3.05, 3.63) is 62.9 Å². The average molecular weight is 375 g/mol. The van der Waals surface area contributed by atoms with Gasteiger partial charge in [0.1, 0.15) is 0 Å². The second-order valence-electron chi connectivity index (χ2n) is 3.98. The topological polar surface area (TPSA) is 89.3 Å². The van der Waals surface area contributed by atoms with E-state index in [0.717, 1.165) is 18.2 Å². The second-order valence-corrected chi connectivity index (χ2v) is 6.58. The molecule has 1 N–H and O–H groups in total. The van der Waals surface area contributed by atoms with Gasteiger partial charge < -0.3 is 0 Å². The van der Waals surface area contributed by atoms with Crippen LogP contribution >= 0.6 is 15.9 Å². The highest BCUT2D eigenvalue weighted by molar-refractivity contribution is 9.10. The number of hydrogen-bond donors (Lipinski definition) is 1. The maximum absolute atomic E-state index is 13.4. The van der Waals surface area contributed by atoms with Gasteiger partial charge in [0.25, 0.3) is 10.0 Å². The van der Waals surface area contributed by atoms with E-state index in [1.54, 1.807) is 12.1 Å². The van der Waals surface area contributed by atoms with Gasteiger partial charge >= 0.3 is 5.69 Å². The predicted molar refractivity (Wildman–Crippen MR) is 78.0 cm³/mol. The van der Waals surface area contributed by atoms with Crippen LogP contribution < -0.4 is 4.72 Å². The molecule has 0 aliphatic carbocycles. The molecule has 0 bridgehead atoms. The molecule has 0 aromatic heterocycles. The number of nitro benzene ring substituents is 1. The molecular formula is C12H8BrFN2O4S. The molecule has 0 atom stereocenters. The van der Waals surface area contributed by atoms with Crippen molar-refractivity contribution in [1.82, 2.24) is 0 Å². The van der Waals surface area contributed by atoms with Crippen LogP contribution in [0.1, 0.15) is 0 Å². The first kappa shape index (κ1) is 15.4. The van der Waals surface area contributed by atoms with Gasteiger partial charge in [0.05, 0.1) is 15.5 Å². The number of rotatable bonds is 4. The Morgan fingerprint density at radius 2 is 1.76 bits per heavy atom. The summed E-state index contributed by atoms with van der Waals surface area (Å²) in [5.74, 6) is -1.11. The van der Waals surface area contributed by atoms with E-state index in [4.69, 9.17) is 0 Å². The maximum Gasteiger partial charge on any atom is 0.304 e. The summed E-state index contributed by atoms with van der Waals surface area (Å²) in [5.41, 5.74) is -0.817. The van der Waals surface area contributed by atoms with Gasteiger partial charge in [0.2, 0.25) is 5.82 Å². The SMILES string of the molecule is O=[N+]([O-])c1ccc(NS(=O)(=O)c2ccc(Br)cc2)cc1F. The van der Waals surface area contributed by atoms with Gasteiger partial charge in [0, 0.05) is 16.6 Å². The number of nitro groups is 1. The van der Waals surface area contributed by atoms with E-state index in [2.05, 4.69) is 20.7 Å². The van der Waals surface area contributed by atoms with Crippen molar-refractivity contribution in [2.24, 2.45) is 0 Å². The molecule has 0 saturated carbocycles. The Labute approximate surface area is 127 Å². The molecule has 2 rings (SSSR count). The molecule has 0 aliphatic rings. The number of hydrogen-bond acceptors (Lipinski definition) is 4. The Morgan fingerprint density at radius 1 is 1.14 bits per heavy atom. The summed E-state index contributed by atoms with van der Waals surface area (Å²) in [6, 6.07) is 8.61. The fourth-order valence-corrected chi connectivity index (χ4v) is 2.86. The van der Waals surface area contributed by atoms with Crippen LogP contribution in [-0.2, 0) is 10.0 Å². The van der Waals surface area contributed by atoms with Crippen molar-refractivity contribution >= 4 is 37.3 Å². The van der Waals surface area contributed by atoms with Gasteiger partial charge in [-0.2, -0.15) is 4.39 Å². The van der Waals surface area contributed by atoms with Gasteiger partial charge in [-0.05, 0) is 30.3 Å². The smallest absolute Gasteiger partial charge is 0.280 e. The molecule has 0 aliphatic heterocycles. The summed E-state index contributed by atoms with van der Waals surface area (Å²) < 4.78 is 40.4. The molecule has 2 aromatic carbocycles. The van der Waals surface area contributed by atoms with Crippen LogP contribution in [0.2, 0.25) is 0 Å². The minimum Gasteiger partial charge on any atom is -0.280 e. The molecule has 9 heteroatoms. The third-order valence-electron chi connectivity index (χ3n) is 2.52. The van der Waals surface area contributed by atoms with Gasteiger partial charge in [-0.15, -0.1) is 0 Å². The summed E-state index contributed by atoms with van der Waals surface area (Å²) in [6.45, 7) is 0. The highest BCUT2D eigenvalue weighted by Gasteiger charge is 2.18. The molecule has 110 valence electrons. The predicted octanol–water partition coefficient (Wildman–Crippen LogP) is 3.30. The number of nitrogens with zero attached hydrogens (tertiary/aromatic N) is 1. The van der Waals surface area contributed by atoms with Gasteiger partial charge in [-0.3, -0.25) is 14.8 Å². The first-order chi connectivity index (χ1) is 9.79. The molecule has 6 nitrogen and oxygen atoms in total. The summed E-state index contributed by atoms with van der Waals surface area (Å²) in [5, 5.41) is 10.5. The normalized spacial score (nSPS) is 11.1. The van der Waals surface area contributed by atoms with Crippen LogP contribution in [0.4, 0.5) is 15.8 Å². The number of sulfonamides is 1. The first-order valence-corrected chi connectivity index (χ1v) is 7.79. The van der Waals surface area contributed by atoms with E-state index in [1.165, 1.54) is 12.1 Å². The lowest BCUT2D eigenvalue weighted by Gasteiger charge is -2.08. The lowest BCUT2D eigenvalue weighted by molar-refractivity contribution is -0.387. The summed E-state index contributed by atoms with van der Waals surface area (Å²) in [4.78, 5) is 9.60. The van der Waals surface area contributed by atoms with E-state index in [1.807, 2.05) is 0 Å². The molecule has 21 heavy (non-hydrogen) atoms. The minimum absolute atomic E-state index is 0.00976. The molecule has 0 heterocycles. The molecule has 0 fully saturated rings. The van der Waals surface area contributed by atoms with Gasteiger partial charge in [-0.25, -0.2) is 8.42 Å². The second kappa shape index (κ2) is 5.78. The van der Waals surface area contributed by atoms with E-state index in [9.17, 15) is 22.9 Å². The van der Waals surface area contributed by atoms with Crippen molar-refractivity contribution < 1.29 is 17.7 Å². The fourth-order valence-electron chi connectivity index (χ4n) is 1.55. The largest absolute Gasteiger partial charge is 0.304 e. The quantitative estimate of drug-likeness (QED) is 0.656. The minimum atomic E-state index is -3.89. The molecule has 0 spiro atoms. The molecule has 0 saturated heterocycles. The number of anilines is 1. The number of benzene rings is 2.